The van der Waals surface area contributed by atoms with Gasteiger partial charge >= 0.3 is 6.09 Å². The molecule has 0 aliphatic heterocycles. The van der Waals surface area contributed by atoms with Crippen molar-refractivity contribution in [3.8, 4) is 0 Å². The first-order chi connectivity index (χ1) is 11.9. The van der Waals surface area contributed by atoms with Crippen molar-refractivity contribution in [3.05, 3.63) is 35.4 Å². The van der Waals surface area contributed by atoms with Crippen LogP contribution in [0.3, 0.4) is 0 Å². The van der Waals surface area contributed by atoms with Gasteiger partial charge in [-0.3, -0.25) is 4.79 Å². The highest BCUT2D eigenvalue weighted by atomic mass is 16.6. The highest BCUT2D eigenvalue weighted by Gasteiger charge is 2.16. The summed E-state index contributed by atoms with van der Waals surface area (Å²) in [5.74, 6) is 0.0656. The van der Waals surface area contributed by atoms with E-state index in [0.717, 1.165) is 5.56 Å². The van der Waals surface area contributed by atoms with Gasteiger partial charge in [-0.15, -0.1) is 0 Å². The highest BCUT2D eigenvalue weighted by Crippen LogP contribution is 2.22. The molecule has 0 aliphatic carbocycles. The van der Waals surface area contributed by atoms with E-state index >= 15 is 0 Å². The maximum atomic E-state index is 12.2. The molecular formula is C21H34N2O3. The van der Waals surface area contributed by atoms with Crippen molar-refractivity contribution in [3.63, 3.8) is 0 Å². The lowest BCUT2D eigenvalue weighted by Gasteiger charge is -2.21. The zero-order valence-electron chi connectivity index (χ0n) is 17.3. The molecule has 0 saturated heterocycles. The molecule has 0 heterocycles. The molecule has 1 N–H and O–H groups in total. The fourth-order valence-corrected chi connectivity index (χ4v) is 2.41. The quantitative estimate of drug-likeness (QED) is 0.770. The fraction of sp³-hybridized carbons (Fsp3) is 0.619. The summed E-state index contributed by atoms with van der Waals surface area (Å²) in [4.78, 5) is 25.5. The van der Waals surface area contributed by atoms with Gasteiger partial charge in [-0.2, -0.15) is 0 Å². The number of rotatable bonds is 6. The number of nitrogens with one attached hydrogen (secondary N) is 1. The van der Waals surface area contributed by atoms with Gasteiger partial charge in [0.05, 0.1) is 0 Å². The second kappa shape index (κ2) is 9.06. The molecule has 0 saturated carbocycles. The second-order valence-corrected chi connectivity index (χ2v) is 8.73. The summed E-state index contributed by atoms with van der Waals surface area (Å²) in [6, 6.07) is 8.40. The third kappa shape index (κ3) is 8.37. The first-order valence-electron chi connectivity index (χ1n) is 9.19. The minimum absolute atomic E-state index is 0.0656. The maximum Gasteiger partial charge on any atom is 0.407 e. The minimum Gasteiger partial charge on any atom is -0.444 e. The van der Waals surface area contributed by atoms with Crippen LogP contribution in [-0.4, -0.2) is 36.1 Å². The van der Waals surface area contributed by atoms with Crippen LogP contribution < -0.4 is 5.32 Å². The van der Waals surface area contributed by atoms with Crippen molar-refractivity contribution >= 4 is 12.0 Å². The van der Waals surface area contributed by atoms with Gasteiger partial charge in [-0.05, 0) is 43.7 Å². The molecule has 0 spiro atoms. The lowest BCUT2D eigenvalue weighted by atomic mass is 9.87. The van der Waals surface area contributed by atoms with Crippen molar-refractivity contribution in [2.45, 2.75) is 71.9 Å². The van der Waals surface area contributed by atoms with Crippen LogP contribution in [0.1, 0.15) is 65.5 Å². The van der Waals surface area contributed by atoms with Gasteiger partial charge in [0, 0.05) is 26.6 Å². The van der Waals surface area contributed by atoms with Gasteiger partial charge in [0.25, 0.3) is 0 Å². The van der Waals surface area contributed by atoms with Crippen molar-refractivity contribution in [2.75, 3.05) is 13.6 Å². The summed E-state index contributed by atoms with van der Waals surface area (Å²) in [6.07, 6.45) is 0.537. The SMILES string of the molecule is CN(Cc1ccc(C(C)(C)C)cc1)C(=O)CCCNC(=O)OC(C)(C)C. The van der Waals surface area contributed by atoms with Crippen LogP contribution in [0.4, 0.5) is 4.79 Å². The van der Waals surface area contributed by atoms with Crippen LogP contribution in [0, 0.1) is 0 Å². The maximum absolute atomic E-state index is 12.2. The zero-order valence-corrected chi connectivity index (χ0v) is 17.3. The molecule has 2 amide bonds. The van der Waals surface area contributed by atoms with Crippen LogP contribution in [-0.2, 0) is 21.5 Å². The lowest BCUT2D eigenvalue weighted by Crippen LogP contribution is -2.33. The van der Waals surface area contributed by atoms with E-state index in [2.05, 4.69) is 50.4 Å². The number of amides is 2. The molecular weight excluding hydrogens is 328 g/mol. The third-order valence-corrected chi connectivity index (χ3v) is 3.90. The molecule has 0 unspecified atom stereocenters. The Morgan fingerprint density at radius 3 is 2.12 bits per heavy atom. The minimum atomic E-state index is -0.511. The number of benzene rings is 1. The average Bonchev–Trinajstić information content (AvgIpc) is 2.49. The lowest BCUT2D eigenvalue weighted by molar-refractivity contribution is -0.130. The first kappa shape index (κ1) is 22.0. The van der Waals surface area contributed by atoms with E-state index in [-0.39, 0.29) is 11.3 Å². The topological polar surface area (TPSA) is 58.6 Å². The van der Waals surface area contributed by atoms with Gasteiger partial charge in [-0.25, -0.2) is 4.79 Å². The Morgan fingerprint density at radius 1 is 1.04 bits per heavy atom. The van der Waals surface area contributed by atoms with Gasteiger partial charge in [0.1, 0.15) is 5.60 Å². The Balaban J connectivity index is 2.36. The van der Waals surface area contributed by atoms with E-state index in [0.29, 0.717) is 25.9 Å². The predicted octanol–water partition coefficient (Wildman–Crippen LogP) is 4.25. The standard InChI is InChI=1S/C21H34N2O3/c1-20(2,3)17-12-10-16(11-13-17)15-23(7)18(24)9-8-14-22-19(25)26-21(4,5)6/h10-13H,8-9,14-15H2,1-7H3,(H,22,25). The van der Waals surface area contributed by atoms with Crippen LogP contribution in [0.5, 0.6) is 0 Å². The van der Waals surface area contributed by atoms with Crippen LogP contribution >= 0.6 is 0 Å². The molecule has 0 bridgehead atoms. The van der Waals surface area contributed by atoms with Gasteiger partial charge in [0.2, 0.25) is 5.91 Å². The Bertz CT molecular complexity index is 595. The Labute approximate surface area is 158 Å². The van der Waals surface area contributed by atoms with Crippen molar-refractivity contribution in [1.29, 1.82) is 0 Å². The van der Waals surface area contributed by atoms with E-state index in [9.17, 15) is 9.59 Å². The largest absolute Gasteiger partial charge is 0.444 e. The summed E-state index contributed by atoms with van der Waals surface area (Å²) in [5.41, 5.74) is 2.01. The highest BCUT2D eigenvalue weighted by molar-refractivity contribution is 5.76. The van der Waals surface area contributed by atoms with Crippen LogP contribution in [0.25, 0.3) is 0 Å². The molecule has 0 aromatic heterocycles. The summed E-state index contributed by atoms with van der Waals surface area (Å²) in [6.45, 7) is 13.0. The smallest absolute Gasteiger partial charge is 0.407 e. The van der Waals surface area contributed by atoms with E-state index in [4.69, 9.17) is 4.74 Å². The van der Waals surface area contributed by atoms with E-state index in [1.54, 1.807) is 11.9 Å². The molecule has 0 radical (unpaired) electrons. The Morgan fingerprint density at radius 2 is 1.62 bits per heavy atom. The van der Waals surface area contributed by atoms with E-state index in [1.807, 2.05) is 20.8 Å². The van der Waals surface area contributed by atoms with E-state index < -0.39 is 11.7 Å². The molecule has 146 valence electrons. The molecule has 26 heavy (non-hydrogen) atoms. The summed E-state index contributed by atoms with van der Waals surface area (Å²) >= 11 is 0. The fourth-order valence-electron chi connectivity index (χ4n) is 2.41. The molecule has 1 rings (SSSR count). The summed E-state index contributed by atoms with van der Waals surface area (Å²) in [5, 5.41) is 2.67. The molecule has 0 aliphatic rings. The van der Waals surface area contributed by atoms with Crippen LogP contribution in [0.15, 0.2) is 24.3 Å². The number of carbonyl (C=O) groups is 2. The third-order valence-electron chi connectivity index (χ3n) is 3.90. The first-order valence-corrected chi connectivity index (χ1v) is 9.19. The monoisotopic (exact) mass is 362 g/mol. The number of carbonyl (C=O) groups excluding carboxylic acids is 2. The Hall–Kier alpha value is -2.04. The molecule has 1 aromatic rings. The number of hydrogen-bond donors (Lipinski definition) is 1. The number of nitrogens with zero attached hydrogens (tertiary/aromatic N) is 1. The normalized spacial score (nSPS) is 11.8. The summed E-state index contributed by atoms with van der Waals surface area (Å²) < 4.78 is 5.16. The van der Waals surface area contributed by atoms with Crippen molar-refractivity contribution in [2.24, 2.45) is 0 Å². The van der Waals surface area contributed by atoms with Gasteiger partial charge < -0.3 is 15.0 Å². The van der Waals surface area contributed by atoms with Crippen LogP contribution in [0.2, 0.25) is 0 Å². The zero-order chi connectivity index (χ0) is 20.0. The molecule has 1 aromatic carbocycles. The number of hydrogen-bond acceptors (Lipinski definition) is 3. The predicted molar refractivity (Wildman–Crippen MR) is 105 cm³/mol. The Kier molecular flexibility index (Phi) is 7.67. The molecule has 5 nitrogen and oxygen atoms in total. The molecule has 0 atom stereocenters. The molecule has 5 heteroatoms. The van der Waals surface area contributed by atoms with Gasteiger partial charge in [-0.1, -0.05) is 45.0 Å². The average molecular weight is 363 g/mol. The molecule has 0 fully saturated rings. The van der Waals surface area contributed by atoms with E-state index in [1.165, 1.54) is 5.56 Å². The van der Waals surface area contributed by atoms with Crippen molar-refractivity contribution < 1.29 is 14.3 Å². The number of alkyl carbamates (subject to hydrolysis) is 1. The van der Waals surface area contributed by atoms with Gasteiger partial charge in [0.15, 0.2) is 0 Å². The summed E-state index contributed by atoms with van der Waals surface area (Å²) in [7, 11) is 1.81. The number of ether oxygens (including phenoxy) is 1. The van der Waals surface area contributed by atoms with Crippen molar-refractivity contribution in [1.82, 2.24) is 10.2 Å². The second-order valence-electron chi connectivity index (χ2n) is 8.73.